The molecule has 0 bridgehead atoms. The van der Waals surface area contributed by atoms with E-state index in [1.807, 2.05) is 6.21 Å². The Labute approximate surface area is 136 Å². The summed E-state index contributed by atoms with van der Waals surface area (Å²) in [6.07, 6.45) is 6.02. The molecule has 23 heavy (non-hydrogen) atoms. The second-order valence-electron chi connectivity index (χ2n) is 5.68. The van der Waals surface area contributed by atoms with Gasteiger partial charge >= 0.3 is 0 Å². The van der Waals surface area contributed by atoms with Crippen molar-refractivity contribution in [3.63, 3.8) is 0 Å². The zero-order valence-electron chi connectivity index (χ0n) is 14.0. The van der Waals surface area contributed by atoms with Crippen LogP contribution in [0, 0.1) is 20.8 Å². The number of aryl methyl sites for hydroxylation is 3. The van der Waals surface area contributed by atoms with Crippen LogP contribution in [0.1, 0.15) is 35.0 Å². The first-order valence-electron chi connectivity index (χ1n) is 7.78. The third kappa shape index (κ3) is 2.82. The molecule has 0 N–H and O–H groups in total. The van der Waals surface area contributed by atoms with Gasteiger partial charge in [0.25, 0.3) is 0 Å². The minimum atomic E-state index is 1.01. The van der Waals surface area contributed by atoms with Crippen molar-refractivity contribution in [2.75, 3.05) is 0 Å². The molecular formula is C18H21N5. The van der Waals surface area contributed by atoms with Crippen LogP contribution in [-0.2, 0) is 6.42 Å². The average Bonchev–Trinajstić information content (AvgIpc) is 3.14. The number of para-hydroxylation sites is 1. The van der Waals surface area contributed by atoms with Crippen LogP contribution < -0.4 is 0 Å². The summed E-state index contributed by atoms with van der Waals surface area (Å²) in [5.74, 6) is 0. The molecule has 0 aliphatic carbocycles. The fourth-order valence-corrected chi connectivity index (χ4v) is 2.97. The topological polar surface area (TPSA) is 48.0 Å². The molecule has 0 saturated heterocycles. The van der Waals surface area contributed by atoms with Gasteiger partial charge in [-0.3, -0.25) is 0 Å². The molecule has 0 spiro atoms. The largest absolute Gasteiger partial charge is 0.317 e. The standard InChI is InChI=1S/C18H21N5/c1-5-16-8-6-7-13(2)18(16)23-14(3)9-17(15(23)4)10-21-22-11-19-20-12-22/h6-12H,5H2,1-4H3. The van der Waals surface area contributed by atoms with Crippen LogP contribution in [0.2, 0.25) is 0 Å². The van der Waals surface area contributed by atoms with Crippen molar-refractivity contribution in [2.45, 2.75) is 34.1 Å². The molecule has 118 valence electrons. The van der Waals surface area contributed by atoms with Gasteiger partial charge < -0.3 is 4.57 Å². The van der Waals surface area contributed by atoms with Crippen LogP contribution in [0.5, 0.6) is 0 Å². The molecule has 5 nitrogen and oxygen atoms in total. The maximum atomic E-state index is 4.36. The number of hydrogen-bond donors (Lipinski definition) is 0. The van der Waals surface area contributed by atoms with Gasteiger partial charge in [-0.05, 0) is 44.4 Å². The van der Waals surface area contributed by atoms with Crippen LogP contribution in [0.15, 0.2) is 42.0 Å². The first-order valence-corrected chi connectivity index (χ1v) is 7.78. The SMILES string of the molecule is CCc1cccc(C)c1-n1c(C)cc(C=Nn2cnnc2)c1C. The molecule has 2 heterocycles. The summed E-state index contributed by atoms with van der Waals surface area (Å²) in [5, 5.41) is 11.9. The summed E-state index contributed by atoms with van der Waals surface area (Å²) in [7, 11) is 0. The summed E-state index contributed by atoms with van der Waals surface area (Å²) in [5.41, 5.74) is 7.41. The van der Waals surface area contributed by atoms with Gasteiger partial charge in [0.1, 0.15) is 12.7 Å². The number of rotatable bonds is 4. The monoisotopic (exact) mass is 307 g/mol. The first kappa shape index (κ1) is 15.2. The van der Waals surface area contributed by atoms with Gasteiger partial charge in [0, 0.05) is 17.0 Å². The summed E-state index contributed by atoms with van der Waals surface area (Å²) in [6, 6.07) is 8.65. The summed E-state index contributed by atoms with van der Waals surface area (Å²) < 4.78 is 3.92. The lowest BCUT2D eigenvalue weighted by Crippen LogP contribution is -2.05. The molecule has 0 aliphatic rings. The lowest BCUT2D eigenvalue weighted by Gasteiger charge is -2.17. The highest BCUT2D eigenvalue weighted by atomic mass is 15.4. The molecule has 0 fully saturated rings. The fourth-order valence-electron chi connectivity index (χ4n) is 2.97. The summed E-state index contributed by atoms with van der Waals surface area (Å²) in [4.78, 5) is 0. The predicted octanol–water partition coefficient (Wildman–Crippen LogP) is 3.44. The minimum Gasteiger partial charge on any atom is -0.317 e. The summed E-state index contributed by atoms with van der Waals surface area (Å²) >= 11 is 0. The molecule has 2 aromatic heterocycles. The van der Waals surface area contributed by atoms with Crippen molar-refractivity contribution < 1.29 is 0 Å². The van der Waals surface area contributed by atoms with E-state index >= 15 is 0 Å². The van der Waals surface area contributed by atoms with Crippen molar-refractivity contribution in [1.82, 2.24) is 19.4 Å². The lowest BCUT2D eigenvalue weighted by molar-refractivity contribution is 0.877. The molecule has 0 saturated carbocycles. The van der Waals surface area contributed by atoms with E-state index < -0.39 is 0 Å². The number of hydrogen-bond acceptors (Lipinski definition) is 3. The smallest absolute Gasteiger partial charge is 0.141 e. The molecule has 1 aromatic carbocycles. The highest BCUT2D eigenvalue weighted by Crippen LogP contribution is 2.26. The Bertz CT molecular complexity index is 841. The maximum absolute atomic E-state index is 4.36. The van der Waals surface area contributed by atoms with Crippen molar-refractivity contribution in [3.8, 4) is 5.69 Å². The maximum Gasteiger partial charge on any atom is 0.141 e. The highest BCUT2D eigenvalue weighted by Gasteiger charge is 2.14. The van der Waals surface area contributed by atoms with Crippen molar-refractivity contribution in [2.24, 2.45) is 5.10 Å². The predicted molar refractivity (Wildman–Crippen MR) is 92.4 cm³/mol. The third-order valence-electron chi connectivity index (χ3n) is 4.13. The van der Waals surface area contributed by atoms with Gasteiger partial charge in [0.15, 0.2) is 0 Å². The zero-order chi connectivity index (χ0) is 16.4. The van der Waals surface area contributed by atoms with Crippen LogP contribution in [0.4, 0.5) is 0 Å². The van der Waals surface area contributed by atoms with Gasteiger partial charge in [-0.1, -0.05) is 25.1 Å². The van der Waals surface area contributed by atoms with Crippen LogP contribution in [-0.4, -0.2) is 25.7 Å². The first-order chi connectivity index (χ1) is 11.1. The molecule has 0 radical (unpaired) electrons. The normalized spacial score (nSPS) is 11.5. The van der Waals surface area contributed by atoms with E-state index in [-0.39, 0.29) is 0 Å². The van der Waals surface area contributed by atoms with E-state index in [2.05, 4.69) is 71.8 Å². The quantitative estimate of drug-likeness (QED) is 0.693. The van der Waals surface area contributed by atoms with Crippen molar-refractivity contribution in [1.29, 1.82) is 0 Å². The van der Waals surface area contributed by atoms with Crippen molar-refractivity contribution >= 4 is 6.21 Å². The zero-order valence-corrected chi connectivity index (χ0v) is 14.0. The van der Waals surface area contributed by atoms with Crippen molar-refractivity contribution in [3.05, 3.63) is 65.0 Å². The molecular weight excluding hydrogens is 286 g/mol. The van der Waals surface area contributed by atoms with Crippen LogP contribution >= 0.6 is 0 Å². The molecule has 0 unspecified atom stereocenters. The summed E-state index contributed by atoms with van der Waals surface area (Å²) in [6.45, 7) is 8.63. The molecule has 3 aromatic rings. The Morgan fingerprint density at radius 1 is 1.13 bits per heavy atom. The Balaban J connectivity index is 2.09. The van der Waals surface area contributed by atoms with E-state index in [1.165, 1.54) is 28.2 Å². The van der Waals surface area contributed by atoms with Gasteiger partial charge in [0.2, 0.25) is 0 Å². The Hall–Kier alpha value is -2.69. The molecule has 5 heteroatoms. The number of benzene rings is 1. The van der Waals surface area contributed by atoms with E-state index in [4.69, 9.17) is 0 Å². The molecule has 3 rings (SSSR count). The Morgan fingerprint density at radius 2 is 1.87 bits per heavy atom. The lowest BCUT2D eigenvalue weighted by atomic mass is 10.1. The van der Waals surface area contributed by atoms with E-state index in [0.29, 0.717) is 0 Å². The number of nitrogens with zero attached hydrogens (tertiary/aromatic N) is 5. The number of aromatic nitrogens is 4. The van der Waals surface area contributed by atoms with Gasteiger partial charge in [-0.25, -0.2) is 4.68 Å². The van der Waals surface area contributed by atoms with Gasteiger partial charge in [-0.2, -0.15) is 5.10 Å². The van der Waals surface area contributed by atoms with Gasteiger partial charge in [-0.15, -0.1) is 10.2 Å². The minimum absolute atomic E-state index is 1.01. The molecule has 0 amide bonds. The molecule has 0 atom stereocenters. The highest BCUT2D eigenvalue weighted by molar-refractivity contribution is 5.82. The average molecular weight is 307 g/mol. The van der Waals surface area contributed by atoms with E-state index in [1.54, 1.807) is 17.3 Å². The third-order valence-corrected chi connectivity index (χ3v) is 4.13. The van der Waals surface area contributed by atoms with E-state index in [0.717, 1.165) is 12.0 Å². The van der Waals surface area contributed by atoms with Crippen LogP contribution in [0.3, 0.4) is 0 Å². The Morgan fingerprint density at radius 3 is 2.57 bits per heavy atom. The van der Waals surface area contributed by atoms with Crippen LogP contribution in [0.25, 0.3) is 5.69 Å². The van der Waals surface area contributed by atoms with Gasteiger partial charge in [0.05, 0.1) is 11.9 Å². The fraction of sp³-hybridized carbons (Fsp3) is 0.278. The second kappa shape index (κ2) is 6.20. The van der Waals surface area contributed by atoms with E-state index in [9.17, 15) is 0 Å². The second-order valence-corrected chi connectivity index (χ2v) is 5.68. The molecule has 0 aliphatic heterocycles. The Kier molecular flexibility index (Phi) is 4.10.